The largest absolute Gasteiger partial charge is 0.457 e. The second-order valence-electron chi connectivity index (χ2n) is 6.10. The first-order valence-corrected chi connectivity index (χ1v) is 8.36. The highest BCUT2D eigenvalue weighted by atomic mass is 35.5. The Balaban J connectivity index is 0.00000243. The molecule has 1 atom stereocenters. The van der Waals surface area contributed by atoms with Gasteiger partial charge in [-0.2, -0.15) is 0 Å². The standard InChI is InChI=1S/C19H22F2N2O2.ClH/c20-19(21,14-24)18(23-11-9-22-10-12-23)15-5-4-8-17(13-15)25-16-6-2-1-3-7-16;/h1-8,13,18,22,24H,9-12,14H2;1H/t18-;/m0./s1. The summed E-state index contributed by atoms with van der Waals surface area (Å²) >= 11 is 0. The topological polar surface area (TPSA) is 44.7 Å². The van der Waals surface area contributed by atoms with E-state index >= 15 is 0 Å². The SMILES string of the molecule is Cl.OCC(F)(F)[C@H](c1cccc(Oc2ccccc2)c1)N1CCNCC1. The van der Waals surface area contributed by atoms with E-state index in [9.17, 15) is 13.9 Å². The van der Waals surface area contributed by atoms with Gasteiger partial charge in [0.15, 0.2) is 0 Å². The molecule has 0 aromatic heterocycles. The van der Waals surface area contributed by atoms with Gasteiger partial charge in [0.1, 0.15) is 24.1 Å². The van der Waals surface area contributed by atoms with E-state index in [0.717, 1.165) is 0 Å². The maximum atomic E-state index is 14.5. The number of para-hydroxylation sites is 1. The van der Waals surface area contributed by atoms with Crippen LogP contribution in [0.4, 0.5) is 8.78 Å². The van der Waals surface area contributed by atoms with Gasteiger partial charge >= 0.3 is 0 Å². The van der Waals surface area contributed by atoms with E-state index in [1.54, 1.807) is 29.2 Å². The van der Waals surface area contributed by atoms with E-state index < -0.39 is 18.6 Å². The van der Waals surface area contributed by atoms with Crippen LogP contribution in [0.3, 0.4) is 0 Å². The van der Waals surface area contributed by atoms with Crippen LogP contribution in [0.1, 0.15) is 11.6 Å². The monoisotopic (exact) mass is 384 g/mol. The minimum atomic E-state index is -3.23. The van der Waals surface area contributed by atoms with E-state index in [4.69, 9.17) is 4.74 Å². The first-order chi connectivity index (χ1) is 12.1. The summed E-state index contributed by atoms with van der Waals surface area (Å²) in [6.45, 7) is 1.12. The smallest absolute Gasteiger partial charge is 0.289 e. The van der Waals surface area contributed by atoms with Crippen LogP contribution in [0, 0.1) is 0 Å². The summed E-state index contributed by atoms with van der Waals surface area (Å²) in [5, 5.41) is 12.4. The third-order valence-corrected chi connectivity index (χ3v) is 4.28. The summed E-state index contributed by atoms with van der Waals surface area (Å²) in [7, 11) is 0. The Morgan fingerprint density at radius 3 is 2.35 bits per heavy atom. The number of ether oxygens (including phenoxy) is 1. The summed E-state index contributed by atoms with van der Waals surface area (Å²) in [6, 6.07) is 14.7. The third kappa shape index (κ3) is 4.92. The molecular formula is C19H23ClF2N2O2. The van der Waals surface area contributed by atoms with Crippen molar-refractivity contribution in [3.8, 4) is 11.5 Å². The Kier molecular flexibility index (Phi) is 7.34. The van der Waals surface area contributed by atoms with Crippen molar-refractivity contribution >= 4 is 12.4 Å². The van der Waals surface area contributed by atoms with Gasteiger partial charge < -0.3 is 15.2 Å². The van der Waals surface area contributed by atoms with Gasteiger partial charge in [-0.25, -0.2) is 8.78 Å². The number of hydrogen-bond acceptors (Lipinski definition) is 4. The fourth-order valence-corrected chi connectivity index (χ4v) is 3.12. The molecule has 2 aromatic carbocycles. The molecule has 1 fully saturated rings. The Morgan fingerprint density at radius 1 is 1.04 bits per heavy atom. The van der Waals surface area contributed by atoms with Crippen molar-refractivity contribution in [1.29, 1.82) is 0 Å². The number of nitrogens with one attached hydrogen (secondary N) is 1. The minimum Gasteiger partial charge on any atom is -0.457 e. The van der Waals surface area contributed by atoms with Crippen LogP contribution in [0.2, 0.25) is 0 Å². The number of aliphatic hydroxyl groups is 1. The molecule has 1 aliphatic heterocycles. The van der Waals surface area contributed by atoms with E-state index in [2.05, 4.69) is 5.32 Å². The minimum absolute atomic E-state index is 0. The van der Waals surface area contributed by atoms with Crippen molar-refractivity contribution in [2.75, 3.05) is 32.8 Å². The van der Waals surface area contributed by atoms with Crippen LogP contribution in [0.15, 0.2) is 54.6 Å². The fraction of sp³-hybridized carbons (Fsp3) is 0.368. The predicted octanol–water partition coefficient (Wildman–Crippen LogP) is 3.47. The lowest BCUT2D eigenvalue weighted by Gasteiger charge is -2.38. The van der Waals surface area contributed by atoms with Crippen LogP contribution in [-0.4, -0.2) is 48.7 Å². The predicted molar refractivity (Wildman–Crippen MR) is 99.4 cm³/mol. The lowest BCUT2D eigenvalue weighted by molar-refractivity contribution is -0.118. The van der Waals surface area contributed by atoms with Crippen LogP contribution in [-0.2, 0) is 0 Å². The molecule has 4 nitrogen and oxygen atoms in total. The number of benzene rings is 2. The van der Waals surface area contributed by atoms with Gasteiger partial charge in [0, 0.05) is 26.2 Å². The molecule has 0 unspecified atom stereocenters. The average molecular weight is 385 g/mol. The van der Waals surface area contributed by atoms with Crippen molar-refractivity contribution in [2.45, 2.75) is 12.0 Å². The molecule has 2 N–H and O–H groups in total. The molecule has 3 rings (SSSR count). The molecule has 1 saturated heterocycles. The van der Waals surface area contributed by atoms with Gasteiger partial charge in [-0.15, -0.1) is 12.4 Å². The lowest BCUT2D eigenvalue weighted by Crippen LogP contribution is -2.51. The quantitative estimate of drug-likeness (QED) is 0.800. The number of halogens is 3. The second kappa shape index (κ2) is 9.28. The van der Waals surface area contributed by atoms with Crippen molar-refractivity contribution in [3.05, 3.63) is 60.2 Å². The first-order valence-electron chi connectivity index (χ1n) is 8.36. The maximum Gasteiger partial charge on any atom is 0.289 e. The molecule has 0 spiro atoms. The average Bonchev–Trinajstić information content (AvgIpc) is 2.64. The van der Waals surface area contributed by atoms with Gasteiger partial charge in [-0.05, 0) is 29.8 Å². The Bertz CT molecular complexity index is 682. The van der Waals surface area contributed by atoms with Crippen LogP contribution in [0.25, 0.3) is 0 Å². The van der Waals surface area contributed by atoms with Gasteiger partial charge in [0.25, 0.3) is 5.92 Å². The van der Waals surface area contributed by atoms with Crippen molar-refractivity contribution in [3.63, 3.8) is 0 Å². The number of nitrogens with zero attached hydrogens (tertiary/aromatic N) is 1. The molecule has 7 heteroatoms. The normalized spacial score (nSPS) is 16.6. The van der Waals surface area contributed by atoms with Crippen molar-refractivity contribution < 1.29 is 18.6 Å². The van der Waals surface area contributed by atoms with Gasteiger partial charge in [-0.3, -0.25) is 4.90 Å². The number of hydrogen-bond donors (Lipinski definition) is 2. The van der Waals surface area contributed by atoms with Gasteiger partial charge in [-0.1, -0.05) is 30.3 Å². The molecular weight excluding hydrogens is 362 g/mol. The van der Waals surface area contributed by atoms with E-state index in [1.807, 2.05) is 30.3 Å². The number of rotatable bonds is 6. The van der Waals surface area contributed by atoms with E-state index in [-0.39, 0.29) is 12.4 Å². The molecule has 0 saturated carbocycles. The number of aliphatic hydroxyl groups excluding tert-OH is 1. The molecule has 1 heterocycles. The Morgan fingerprint density at radius 2 is 1.69 bits per heavy atom. The maximum absolute atomic E-state index is 14.5. The van der Waals surface area contributed by atoms with Gasteiger partial charge in [0.05, 0.1) is 0 Å². The highest BCUT2D eigenvalue weighted by Gasteiger charge is 2.44. The zero-order valence-corrected chi connectivity index (χ0v) is 15.1. The number of alkyl halides is 2. The summed E-state index contributed by atoms with van der Waals surface area (Å²) in [5.74, 6) is -2.09. The Labute approximate surface area is 158 Å². The molecule has 0 bridgehead atoms. The number of piperazine rings is 1. The highest BCUT2D eigenvalue weighted by Crippen LogP contribution is 2.38. The first kappa shape index (κ1) is 20.6. The molecule has 26 heavy (non-hydrogen) atoms. The Hall–Kier alpha value is -1.73. The highest BCUT2D eigenvalue weighted by molar-refractivity contribution is 5.85. The molecule has 2 aromatic rings. The van der Waals surface area contributed by atoms with Gasteiger partial charge in [0.2, 0.25) is 0 Å². The zero-order chi connectivity index (χ0) is 17.7. The van der Waals surface area contributed by atoms with Crippen LogP contribution < -0.4 is 10.1 Å². The van der Waals surface area contributed by atoms with Crippen LogP contribution >= 0.6 is 12.4 Å². The summed E-state index contributed by atoms with van der Waals surface area (Å²) in [6.07, 6.45) is 0. The van der Waals surface area contributed by atoms with Crippen molar-refractivity contribution in [2.24, 2.45) is 0 Å². The molecule has 0 amide bonds. The van der Waals surface area contributed by atoms with Crippen molar-refractivity contribution in [1.82, 2.24) is 10.2 Å². The molecule has 0 aliphatic carbocycles. The zero-order valence-electron chi connectivity index (χ0n) is 14.3. The molecule has 0 radical (unpaired) electrons. The fourth-order valence-electron chi connectivity index (χ4n) is 3.12. The third-order valence-electron chi connectivity index (χ3n) is 4.28. The molecule has 142 valence electrons. The second-order valence-corrected chi connectivity index (χ2v) is 6.10. The molecule has 1 aliphatic rings. The summed E-state index contributed by atoms with van der Waals surface area (Å²) in [4.78, 5) is 1.72. The summed E-state index contributed by atoms with van der Waals surface area (Å²) in [5.41, 5.74) is 0.439. The van der Waals surface area contributed by atoms with Crippen LogP contribution in [0.5, 0.6) is 11.5 Å². The summed E-state index contributed by atoms with van der Waals surface area (Å²) < 4.78 is 34.8. The van der Waals surface area contributed by atoms with E-state index in [0.29, 0.717) is 43.2 Å². The van der Waals surface area contributed by atoms with E-state index in [1.165, 1.54) is 0 Å². The lowest BCUT2D eigenvalue weighted by atomic mass is 9.98.